The number of anilines is 1. The highest BCUT2D eigenvalue weighted by Gasteiger charge is 2.34. The number of oxazole rings is 1. The molecule has 1 amide bonds. The minimum atomic E-state index is -4.77. The molecule has 0 aliphatic heterocycles. The number of rotatable bonds is 5. The van der Waals surface area contributed by atoms with Crippen LogP contribution in [0.1, 0.15) is 5.56 Å². The van der Waals surface area contributed by atoms with Crippen molar-refractivity contribution in [2.75, 3.05) is 5.32 Å². The molecule has 0 aliphatic carbocycles. The minimum absolute atomic E-state index is 0.0841. The molecular formula is C19H12F3N5O5. The Hall–Kier alpha value is -4.42. The molecule has 10 nitrogen and oxygen atoms in total. The quantitative estimate of drug-likeness (QED) is 0.370. The van der Waals surface area contributed by atoms with E-state index in [-0.39, 0.29) is 22.5 Å². The lowest BCUT2D eigenvalue weighted by molar-refractivity contribution is -0.384. The van der Waals surface area contributed by atoms with E-state index in [1.807, 2.05) is 0 Å². The maximum Gasteiger partial charge on any atom is 0.420 e. The number of nitro benzene ring substituents is 1. The molecule has 32 heavy (non-hydrogen) atoms. The summed E-state index contributed by atoms with van der Waals surface area (Å²) in [5.74, 6) is -1.91. The van der Waals surface area contributed by atoms with Crippen LogP contribution >= 0.6 is 0 Å². The largest absolute Gasteiger partial charge is 0.420 e. The summed E-state index contributed by atoms with van der Waals surface area (Å²) in [4.78, 5) is 34.7. The fourth-order valence-corrected chi connectivity index (χ4v) is 3.09. The van der Waals surface area contributed by atoms with Gasteiger partial charge in [0.15, 0.2) is 5.58 Å². The Morgan fingerprint density at radius 1 is 1.22 bits per heavy atom. The zero-order chi connectivity index (χ0) is 23.0. The predicted octanol–water partition coefficient (Wildman–Crippen LogP) is 3.35. The highest BCUT2D eigenvalue weighted by molar-refractivity contribution is 5.92. The number of hydrogen-bond acceptors (Lipinski definition) is 6. The van der Waals surface area contributed by atoms with E-state index in [1.165, 1.54) is 29.2 Å². The van der Waals surface area contributed by atoms with Gasteiger partial charge in [0.25, 0.3) is 5.69 Å². The highest BCUT2D eigenvalue weighted by atomic mass is 19.4. The number of nitrogens with zero attached hydrogens (tertiary/aromatic N) is 4. The van der Waals surface area contributed by atoms with E-state index < -0.39 is 40.6 Å². The van der Waals surface area contributed by atoms with Crippen molar-refractivity contribution in [3.8, 4) is 5.69 Å². The van der Waals surface area contributed by atoms with Crippen LogP contribution in [0.2, 0.25) is 0 Å². The van der Waals surface area contributed by atoms with Gasteiger partial charge in [0.05, 0.1) is 33.4 Å². The Bertz CT molecular complexity index is 1390. The molecule has 4 aromatic rings. The molecule has 0 aliphatic rings. The first-order valence-corrected chi connectivity index (χ1v) is 8.92. The summed E-state index contributed by atoms with van der Waals surface area (Å²) in [5.41, 5.74) is -1.83. The first-order valence-electron chi connectivity index (χ1n) is 8.92. The third-order valence-electron chi connectivity index (χ3n) is 4.52. The normalized spacial score (nSPS) is 11.6. The zero-order valence-electron chi connectivity index (χ0n) is 15.9. The summed E-state index contributed by atoms with van der Waals surface area (Å²) in [7, 11) is 0. The Labute approximate surface area is 175 Å². The van der Waals surface area contributed by atoms with Gasteiger partial charge in [-0.05, 0) is 30.3 Å². The molecular weight excluding hydrogens is 435 g/mol. The van der Waals surface area contributed by atoms with Gasteiger partial charge in [-0.2, -0.15) is 18.3 Å². The van der Waals surface area contributed by atoms with Crippen LogP contribution in [-0.2, 0) is 17.5 Å². The van der Waals surface area contributed by atoms with Gasteiger partial charge < -0.3 is 9.73 Å². The number of carbonyl (C=O) groups is 1. The molecule has 0 atom stereocenters. The number of nitro groups is 1. The molecule has 0 fully saturated rings. The van der Waals surface area contributed by atoms with Crippen LogP contribution in [-0.4, -0.2) is 25.2 Å². The van der Waals surface area contributed by atoms with Crippen molar-refractivity contribution in [1.82, 2.24) is 14.3 Å². The Kier molecular flexibility index (Phi) is 5.00. The molecule has 0 spiro atoms. The molecule has 164 valence electrons. The zero-order valence-corrected chi connectivity index (χ0v) is 15.9. The van der Waals surface area contributed by atoms with Gasteiger partial charge >= 0.3 is 11.9 Å². The Morgan fingerprint density at radius 3 is 2.66 bits per heavy atom. The summed E-state index contributed by atoms with van der Waals surface area (Å²) in [6, 6.07) is 8.15. The lowest BCUT2D eigenvalue weighted by Gasteiger charge is -2.15. The number of benzene rings is 2. The monoisotopic (exact) mass is 447 g/mol. The predicted molar refractivity (Wildman–Crippen MR) is 104 cm³/mol. The summed E-state index contributed by atoms with van der Waals surface area (Å²) in [5, 5.41) is 16.9. The smallest absolute Gasteiger partial charge is 0.407 e. The summed E-state index contributed by atoms with van der Waals surface area (Å²) >= 11 is 0. The van der Waals surface area contributed by atoms with Crippen LogP contribution in [0.25, 0.3) is 16.8 Å². The van der Waals surface area contributed by atoms with Gasteiger partial charge in [-0.15, -0.1) is 0 Å². The number of fused-ring (bicyclic) bond motifs is 1. The van der Waals surface area contributed by atoms with E-state index in [4.69, 9.17) is 4.42 Å². The molecule has 2 aromatic heterocycles. The molecule has 1 N–H and O–H groups in total. The van der Waals surface area contributed by atoms with Gasteiger partial charge in [-0.3, -0.25) is 19.5 Å². The van der Waals surface area contributed by atoms with Crippen molar-refractivity contribution >= 4 is 28.4 Å². The van der Waals surface area contributed by atoms with Crippen LogP contribution in [0.3, 0.4) is 0 Å². The second-order valence-corrected chi connectivity index (χ2v) is 6.59. The molecule has 0 bridgehead atoms. The van der Waals surface area contributed by atoms with Gasteiger partial charge in [0.2, 0.25) is 5.91 Å². The van der Waals surface area contributed by atoms with Gasteiger partial charge in [0, 0.05) is 18.5 Å². The maximum absolute atomic E-state index is 13.6. The van der Waals surface area contributed by atoms with Crippen molar-refractivity contribution in [2.24, 2.45) is 0 Å². The summed E-state index contributed by atoms with van der Waals surface area (Å²) in [6.07, 6.45) is -1.90. The lowest BCUT2D eigenvalue weighted by atomic mass is 10.1. The van der Waals surface area contributed by atoms with Crippen LogP contribution in [0, 0.1) is 10.1 Å². The average Bonchev–Trinajstić information content (AvgIpc) is 3.35. The van der Waals surface area contributed by atoms with Crippen molar-refractivity contribution < 1.29 is 27.3 Å². The van der Waals surface area contributed by atoms with Crippen molar-refractivity contribution in [1.29, 1.82) is 0 Å². The van der Waals surface area contributed by atoms with Crippen LogP contribution in [0.15, 0.2) is 64.1 Å². The first kappa shape index (κ1) is 20.8. The maximum atomic E-state index is 13.6. The van der Waals surface area contributed by atoms with Crippen LogP contribution in [0.5, 0.6) is 0 Å². The molecule has 0 saturated heterocycles. The first-order chi connectivity index (χ1) is 15.1. The lowest BCUT2D eigenvalue weighted by Crippen LogP contribution is -2.26. The fraction of sp³-hybridized carbons (Fsp3) is 0.105. The number of amides is 1. The number of nitrogens with one attached hydrogen (secondary N) is 1. The van der Waals surface area contributed by atoms with Crippen molar-refractivity contribution in [2.45, 2.75) is 12.7 Å². The molecule has 2 aromatic carbocycles. The van der Waals surface area contributed by atoms with E-state index >= 15 is 0 Å². The number of non-ortho nitro benzene ring substituents is 1. The second-order valence-electron chi connectivity index (χ2n) is 6.59. The van der Waals surface area contributed by atoms with Crippen molar-refractivity contribution in [3.05, 3.63) is 81.1 Å². The summed E-state index contributed by atoms with van der Waals surface area (Å²) in [6.45, 7) is -0.665. The standard InChI is InChI=1S/C19H12F3N5O5/c20-19(21,22)13-8-11(26-7-1-6-23-26)2-4-14(13)24-17(28)10-25-15-5-3-12(27(30)31)9-16(15)32-18(25)29/h1-9H,10H2,(H,24,28). The van der Waals surface area contributed by atoms with Gasteiger partial charge in [0.1, 0.15) is 6.54 Å². The van der Waals surface area contributed by atoms with Crippen LogP contribution in [0.4, 0.5) is 24.5 Å². The van der Waals surface area contributed by atoms with Crippen molar-refractivity contribution in [3.63, 3.8) is 0 Å². The number of carbonyl (C=O) groups excluding carboxylic acids is 1. The molecule has 0 radical (unpaired) electrons. The molecule has 2 heterocycles. The van der Waals surface area contributed by atoms with E-state index in [2.05, 4.69) is 10.4 Å². The number of hydrogen-bond donors (Lipinski definition) is 1. The Balaban J connectivity index is 1.63. The topological polar surface area (TPSA) is 125 Å². The number of halogens is 3. The second kappa shape index (κ2) is 7.68. The minimum Gasteiger partial charge on any atom is -0.407 e. The molecule has 4 rings (SSSR count). The molecule has 0 saturated carbocycles. The number of aromatic nitrogens is 3. The Morgan fingerprint density at radius 2 is 2.00 bits per heavy atom. The summed E-state index contributed by atoms with van der Waals surface area (Å²) < 4.78 is 47.7. The number of alkyl halides is 3. The molecule has 13 heteroatoms. The van der Waals surface area contributed by atoms with Gasteiger partial charge in [-0.1, -0.05) is 0 Å². The van der Waals surface area contributed by atoms with E-state index in [0.717, 1.165) is 28.8 Å². The third-order valence-corrected chi connectivity index (χ3v) is 4.52. The fourth-order valence-electron chi connectivity index (χ4n) is 3.09. The average molecular weight is 447 g/mol. The van der Waals surface area contributed by atoms with E-state index in [9.17, 15) is 32.9 Å². The van der Waals surface area contributed by atoms with Gasteiger partial charge in [-0.25, -0.2) is 9.48 Å². The highest BCUT2D eigenvalue weighted by Crippen LogP contribution is 2.36. The molecule has 0 unspecified atom stereocenters. The van der Waals surface area contributed by atoms with Crippen LogP contribution < -0.4 is 11.1 Å². The SMILES string of the molecule is O=C(Cn1c(=O)oc2cc([N+](=O)[O-])ccc21)Nc1ccc(-n2cccn2)cc1C(F)(F)F. The van der Waals surface area contributed by atoms with E-state index in [0.29, 0.717) is 0 Å². The van der Waals surface area contributed by atoms with E-state index in [1.54, 1.807) is 6.07 Å². The third kappa shape index (κ3) is 3.95.